The molecule has 0 saturated carbocycles. The van der Waals surface area contributed by atoms with Crippen molar-refractivity contribution in [2.45, 2.75) is 46.5 Å². The van der Waals surface area contributed by atoms with Crippen molar-refractivity contribution in [2.75, 3.05) is 6.61 Å². The zero-order valence-electron chi connectivity index (χ0n) is 17.3. The Labute approximate surface area is 166 Å². The summed E-state index contributed by atoms with van der Waals surface area (Å²) in [6.45, 7) is 11.0. The molecule has 4 nitrogen and oxygen atoms in total. The van der Waals surface area contributed by atoms with Gasteiger partial charge < -0.3 is 4.74 Å². The number of rotatable bonds is 7. The van der Waals surface area contributed by atoms with Crippen LogP contribution < -0.4 is 10.2 Å². The molecule has 0 aromatic heterocycles. The molecule has 0 spiro atoms. The number of amides is 1. The number of nitrogens with zero attached hydrogens (tertiary/aromatic N) is 1. The van der Waals surface area contributed by atoms with E-state index >= 15 is 0 Å². The van der Waals surface area contributed by atoms with Crippen LogP contribution in [0.1, 0.15) is 52.2 Å². The highest BCUT2D eigenvalue weighted by Crippen LogP contribution is 2.36. The Morgan fingerprint density at radius 1 is 1.07 bits per heavy atom. The van der Waals surface area contributed by atoms with Crippen molar-refractivity contribution in [3.05, 3.63) is 65.5 Å². The highest BCUT2D eigenvalue weighted by Gasteiger charge is 2.27. The number of carbonyl (C=O) groups excluding carboxylic acids is 1. The van der Waals surface area contributed by atoms with Crippen LogP contribution in [0.25, 0.3) is 0 Å². The summed E-state index contributed by atoms with van der Waals surface area (Å²) in [5.41, 5.74) is 4.15. The summed E-state index contributed by atoms with van der Waals surface area (Å²) in [4.78, 5) is 11.8. The lowest BCUT2D eigenvalue weighted by Gasteiger charge is -2.33. The molecule has 0 aliphatic heterocycles. The Bertz CT molecular complexity index is 821. The van der Waals surface area contributed by atoms with Crippen molar-refractivity contribution in [1.82, 2.24) is 5.43 Å². The third-order valence-corrected chi connectivity index (χ3v) is 4.28. The van der Waals surface area contributed by atoms with Gasteiger partial charge in [0.05, 0.1) is 6.21 Å². The molecule has 28 heavy (non-hydrogen) atoms. The normalized spacial score (nSPS) is 12.2. The summed E-state index contributed by atoms with van der Waals surface area (Å²) in [5, 5.41) is 3.75. The highest BCUT2D eigenvalue weighted by atomic mass is 19.1. The summed E-state index contributed by atoms with van der Waals surface area (Å²) in [7, 11) is 0. The van der Waals surface area contributed by atoms with Gasteiger partial charge in [-0.15, -0.1) is 0 Å². The molecule has 0 radical (unpaired) electrons. The first-order chi connectivity index (χ1) is 13.1. The van der Waals surface area contributed by atoms with E-state index in [1.165, 1.54) is 17.8 Å². The maximum absolute atomic E-state index is 13.5. The zero-order chi connectivity index (χ0) is 20.8. The second-order valence-corrected chi connectivity index (χ2v) is 8.75. The molecule has 0 aliphatic rings. The van der Waals surface area contributed by atoms with Gasteiger partial charge in [0, 0.05) is 5.56 Å². The molecule has 5 heteroatoms. The molecule has 2 aromatic rings. The van der Waals surface area contributed by atoms with E-state index in [0.717, 1.165) is 6.42 Å². The molecule has 1 amide bonds. The average molecular weight is 384 g/mol. The number of hydrazone groups is 1. The molecule has 150 valence electrons. The molecular formula is C23H29FN2O2. The van der Waals surface area contributed by atoms with E-state index < -0.39 is 11.7 Å². The van der Waals surface area contributed by atoms with Crippen molar-refractivity contribution in [2.24, 2.45) is 10.5 Å². The number of hydrogen-bond donors (Lipinski definition) is 1. The van der Waals surface area contributed by atoms with E-state index in [1.54, 1.807) is 18.2 Å². The van der Waals surface area contributed by atoms with E-state index in [1.807, 2.05) is 24.3 Å². The van der Waals surface area contributed by atoms with Gasteiger partial charge in [-0.25, -0.2) is 9.82 Å². The number of nitrogens with one attached hydrogen (secondary N) is 1. The Balaban J connectivity index is 1.86. The minimum Gasteiger partial charge on any atom is -0.484 e. The molecule has 0 aliphatic carbocycles. The molecular weight excluding hydrogens is 355 g/mol. The lowest BCUT2D eigenvalue weighted by Crippen LogP contribution is -2.25. The maximum atomic E-state index is 13.5. The molecule has 0 atom stereocenters. The first kappa shape index (κ1) is 21.6. The Morgan fingerprint density at radius 2 is 1.71 bits per heavy atom. The van der Waals surface area contributed by atoms with E-state index in [0.29, 0.717) is 11.3 Å². The molecule has 1 N–H and O–H groups in total. The van der Waals surface area contributed by atoms with Crippen LogP contribution in [0.4, 0.5) is 4.39 Å². The highest BCUT2D eigenvalue weighted by molar-refractivity contribution is 5.83. The average Bonchev–Trinajstić information content (AvgIpc) is 2.60. The van der Waals surface area contributed by atoms with Crippen LogP contribution in [-0.4, -0.2) is 18.7 Å². The summed E-state index contributed by atoms with van der Waals surface area (Å²) in [5.74, 6) is -0.195. The quantitative estimate of drug-likeness (QED) is 0.535. The second kappa shape index (κ2) is 9.00. The SMILES string of the molecule is CC(C)(C)CC(C)(C)c1ccc(OCC(=O)N/N=C/c2ccccc2F)cc1. The summed E-state index contributed by atoms with van der Waals surface area (Å²) in [6, 6.07) is 14.0. The predicted molar refractivity (Wildman–Crippen MR) is 111 cm³/mol. The summed E-state index contributed by atoms with van der Waals surface area (Å²) in [6.07, 6.45) is 2.32. The van der Waals surface area contributed by atoms with Crippen LogP contribution in [0, 0.1) is 11.2 Å². The van der Waals surface area contributed by atoms with Gasteiger partial charge in [-0.2, -0.15) is 5.10 Å². The Hall–Kier alpha value is -2.69. The summed E-state index contributed by atoms with van der Waals surface area (Å²) < 4.78 is 19.0. The first-order valence-electron chi connectivity index (χ1n) is 9.37. The van der Waals surface area contributed by atoms with E-state index in [-0.39, 0.29) is 17.4 Å². The van der Waals surface area contributed by atoms with Crippen LogP contribution in [0.15, 0.2) is 53.6 Å². The van der Waals surface area contributed by atoms with Crippen LogP contribution in [0.5, 0.6) is 5.75 Å². The van der Waals surface area contributed by atoms with Crippen molar-refractivity contribution >= 4 is 12.1 Å². The number of halogens is 1. The Kier molecular flexibility index (Phi) is 6.95. The lowest BCUT2D eigenvalue weighted by atomic mass is 9.72. The van der Waals surface area contributed by atoms with Gasteiger partial charge in [0.1, 0.15) is 11.6 Å². The maximum Gasteiger partial charge on any atom is 0.277 e. The van der Waals surface area contributed by atoms with Gasteiger partial charge >= 0.3 is 0 Å². The predicted octanol–water partition coefficient (Wildman–Crippen LogP) is 5.07. The van der Waals surface area contributed by atoms with E-state index in [2.05, 4.69) is 45.1 Å². The lowest BCUT2D eigenvalue weighted by molar-refractivity contribution is -0.123. The van der Waals surface area contributed by atoms with Gasteiger partial charge in [-0.3, -0.25) is 4.79 Å². The monoisotopic (exact) mass is 384 g/mol. The fourth-order valence-corrected chi connectivity index (χ4v) is 3.36. The van der Waals surface area contributed by atoms with Crippen molar-refractivity contribution < 1.29 is 13.9 Å². The zero-order valence-corrected chi connectivity index (χ0v) is 17.3. The van der Waals surface area contributed by atoms with Crippen molar-refractivity contribution in [1.29, 1.82) is 0 Å². The molecule has 2 rings (SSSR count). The first-order valence-corrected chi connectivity index (χ1v) is 9.37. The van der Waals surface area contributed by atoms with Crippen LogP contribution in [0.3, 0.4) is 0 Å². The van der Waals surface area contributed by atoms with Crippen LogP contribution in [-0.2, 0) is 10.2 Å². The molecule has 0 heterocycles. The number of benzene rings is 2. The van der Waals surface area contributed by atoms with Crippen molar-refractivity contribution in [3.63, 3.8) is 0 Å². The molecule has 0 bridgehead atoms. The molecule has 0 saturated heterocycles. The largest absolute Gasteiger partial charge is 0.484 e. The fraction of sp³-hybridized carbons (Fsp3) is 0.391. The summed E-state index contributed by atoms with van der Waals surface area (Å²) >= 11 is 0. The second-order valence-electron chi connectivity index (χ2n) is 8.75. The minimum absolute atomic E-state index is 0.0512. The third kappa shape index (κ3) is 6.80. The minimum atomic E-state index is -0.412. The van der Waals surface area contributed by atoms with Gasteiger partial charge in [-0.05, 0) is 41.0 Å². The molecule has 2 aromatic carbocycles. The molecule has 0 fully saturated rings. The number of ether oxygens (including phenoxy) is 1. The standard InChI is InChI=1S/C23H29FN2O2/c1-22(2,3)16-23(4,5)18-10-12-19(13-11-18)28-15-21(27)26-25-14-17-8-6-7-9-20(17)24/h6-14H,15-16H2,1-5H3,(H,26,27)/b25-14+. The van der Waals surface area contributed by atoms with Crippen molar-refractivity contribution in [3.8, 4) is 5.75 Å². The van der Waals surface area contributed by atoms with Gasteiger partial charge in [-0.1, -0.05) is 65.0 Å². The van der Waals surface area contributed by atoms with Crippen LogP contribution >= 0.6 is 0 Å². The molecule has 0 unspecified atom stereocenters. The van der Waals surface area contributed by atoms with E-state index in [4.69, 9.17) is 4.74 Å². The Morgan fingerprint density at radius 3 is 2.32 bits per heavy atom. The topological polar surface area (TPSA) is 50.7 Å². The third-order valence-electron chi connectivity index (χ3n) is 4.28. The van der Waals surface area contributed by atoms with Gasteiger partial charge in [0.2, 0.25) is 0 Å². The smallest absolute Gasteiger partial charge is 0.277 e. The number of hydrogen-bond acceptors (Lipinski definition) is 3. The van der Waals surface area contributed by atoms with Gasteiger partial charge in [0.25, 0.3) is 5.91 Å². The van der Waals surface area contributed by atoms with Gasteiger partial charge in [0.15, 0.2) is 6.61 Å². The van der Waals surface area contributed by atoms with E-state index in [9.17, 15) is 9.18 Å². The number of carbonyl (C=O) groups is 1. The fourth-order valence-electron chi connectivity index (χ4n) is 3.36. The van der Waals surface area contributed by atoms with Crippen LogP contribution in [0.2, 0.25) is 0 Å².